The maximum atomic E-state index is 14.8. The Morgan fingerprint density at radius 1 is 0.982 bits per heavy atom. The Hall–Kier alpha value is -5.91. The number of aromatic nitrogens is 1. The first kappa shape index (κ1) is 39.8. The maximum Gasteiger partial charge on any atom is 0.677 e. The Bertz CT molecular complexity index is 2370. The fraction of sp³-hybridized carbons (Fsp3) is 0.295. The number of benzene rings is 2. The van der Waals surface area contributed by atoms with E-state index in [2.05, 4.69) is 20.8 Å². The third-order valence-corrected chi connectivity index (χ3v) is 11.1. The summed E-state index contributed by atoms with van der Waals surface area (Å²) in [6, 6.07) is 14.7. The largest absolute Gasteiger partial charge is 0.677 e. The minimum absolute atomic E-state index is 0.0270. The predicted molar refractivity (Wildman–Crippen MR) is 218 cm³/mol. The summed E-state index contributed by atoms with van der Waals surface area (Å²) < 4.78 is 36.5. The van der Waals surface area contributed by atoms with Gasteiger partial charge >= 0.3 is 13.4 Å². The van der Waals surface area contributed by atoms with E-state index < -0.39 is 23.7 Å². The molecule has 2 aliphatic heterocycles. The van der Waals surface area contributed by atoms with Crippen molar-refractivity contribution in [1.82, 2.24) is 4.48 Å². The highest BCUT2D eigenvalue weighted by molar-refractivity contribution is 6.41. The summed E-state index contributed by atoms with van der Waals surface area (Å²) in [5.74, 6) is -0.879. The van der Waals surface area contributed by atoms with Gasteiger partial charge in [-0.25, -0.2) is 4.79 Å². The summed E-state index contributed by atoms with van der Waals surface area (Å²) in [5, 5.41) is 11.4. The lowest BCUT2D eigenvalue weighted by Crippen LogP contribution is -2.29. The number of hydrogen-bond donors (Lipinski definition) is 0. The molecular weight excluding hydrogens is 713 g/mol. The maximum absolute atomic E-state index is 14.8. The van der Waals surface area contributed by atoms with Crippen LogP contribution in [0.1, 0.15) is 92.0 Å². The molecule has 0 saturated carbocycles. The van der Waals surface area contributed by atoms with E-state index in [4.69, 9.17) is 9.73 Å². The Morgan fingerprint density at radius 3 is 2.29 bits per heavy atom. The molecule has 0 atom stereocenters. The molecule has 0 unspecified atom stereocenters. The van der Waals surface area contributed by atoms with Gasteiger partial charge in [0, 0.05) is 57.2 Å². The van der Waals surface area contributed by atoms with Crippen LogP contribution in [-0.4, -0.2) is 47.4 Å². The number of anilines is 1. The van der Waals surface area contributed by atoms with E-state index in [9.17, 15) is 28.3 Å². The fourth-order valence-corrected chi connectivity index (χ4v) is 8.28. The van der Waals surface area contributed by atoms with Gasteiger partial charge in [0.2, 0.25) is 0 Å². The minimum Gasteiger partial charge on any atom is -0.460 e. The van der Waals surface area contributed by atoms with Gasteiger partial charge in [0.05, 0.1) is 22.7 Å². The second-order valence-electron chi connectivity index (χ2n) is 14.6. The predicted octanol–water partition coefficient (Wildman–Crippen LogP) is 9.46. The highest BCUT2D eigenvalue weighted by Gasteiger charge is 2.40. The lowest BCUT2D eigenvalue weighted by molar-refractivity contribution is -0.419. The topological polar surface area (TPSA) is 107 Å². The first-order chi connectivity index (χ1) is 26.6. The number of ketones is 1. The first-order valence-corrected chi connectivity index (χ1v) is 18.8. The Labute approximate surface area is 326 Å². The summed E-state index contributed by atoms with van der Waals surface area (Å²) in [4.78, 5) is 43.8. The van der Waals surface area contributed by atoms with Crippen LogP contribution in [0.3, 0.4) is 0 Å². The number of carbonyl (C=O) groups excluding carboxylic acids is 2. The van der Waals surface area contributed by atoms with Crippen LogP contribution in [0.15, 0.2) is 118 Å². The van der Waals surface area contributed by atoms with Crippen molar-refractivity contribution in [1.29, 1.82) is 0 Å². The average Bonchev–Trinajstić information content (AvgIpc) is 3.68. The molecule has 2 aromatic carbocycles. The number of aliphatic imine (C=N–C) groups is 1. The number of rotatable bonds is 11. The van der Waals surface area contributed by atoms with Crippen LogP contribution in [0.4, 0.5) is 14.3 Å². The third-order valence-electron chi connectivity index (χ3n) is 11.1. The van der Waals surface area contributed by atoms with Crippen molar-refractivity contribution >= 4 is 36.1 Å². The molecule has 0 saturated heterocycles. The van der Waals surface area contributed by atoms with Gasteiger partial charge < -0.3 is 14.1 Å². The zero-order valence-electron chi connectivity index (χ0n) is 33.0. The molecule has 0 fully saturated rings. The van der Waals surface area contributed by atoms with E-state index in [1.54, 1.807) is 43.3 Å². The van der Waals surface area contributed by atoms with Crippen LogP contribution in [0.2, 0.25) is 0 Å². The van der Waals surface area contributed by atoms with E-state index >= 15 is 0 Å². The van der Waals surface area contributed by atoms with Crippen molar-refractivity contribution in [3.63, 3.8) is 0 Å². The monoisotopic (exact) mass is 758 g/mol. The Morgan fingerprint density at radius 2 is 1.66 bits per heavy atom. The number of halogens is 2. The Balaban J connectivity index is 1.29. The Kier molecular flexibility index (Phi) is 11.1. The number of para-hydroxylation sites is 1. The molecule has 0 amide bonds. The standard InChI is InChI=1S/C44H45BF2N4O5/c1-9-34-26(3)41(48-28(34)5)40(42-27(4)35(10-2)29(6)50(42)45(46)47)30-15-17-31(18-16-30)43(53)56-24-23-49-37-14-12-11-13-36(37)44(7,8)39(49)22-19-32-25-33(51(54)55)20-21-38(32)52/h11-22,25H,9-10,23-24H2,1-8H3/b32-19-,39-22+,41-40-. The van der Waals surface area contributed by atoms with Gasteiger partial charge in [-0.2, -0.15) is 0 Å². The molecule has 0 N–H and O–H groups in total. The molecule has 0 radical (unpaired) electrons. The normalized spacial score (nSPS) is 18.5. The van der Waals surface area contributed by atoms with Gasteiger partial charge in [-0.05, 0) is 110 Å². The van der Waals surface area contributed by atoms with Crippen molar-refractivity contribution in [3.05, 3.63) is 162 Å². The number of fused-ring (bicyclic) bond motifs is 1. The molecule has 3 heterocycles. The molecule has 1 aromatic heterocycles. The molecule has 3 aromatic rings. The summed E-state index contributed by atoms with van der Waals surface area (Å²) in [7, 11) is -2.76. The molecule has 12 heteroatoms. The van der Waals surface area contributed by atoms with Gasteiger partial charge in [0.15, 0.2) is 5.78 Å². The third kappa shape index (κ3) is 7.04. The van der Waals surface area contributed by atoms with E-state index in [0.717, 1.165) is 55.8 Å². The van der Waals surface area contributed by atoms with Crippen molar-refractivity contribution in [3.8, 4) is 0 Å². The van der Waals surface area contributed by atoms with Crippen molar-refractivity contribution in [2.24, 2.45) is 4.99 Å². The second-order valence-corrected chi connectivity index (χ2v) is 14.6. The van der Waals surface area contributed by atoms with Gasteiger partial charge in [0.1, 0.15) is 6.61 Å². The summed E-state index contributed by atoms with van der Waals surface area (Å²) in [6.07, 6.45) is 8.37. The van der Waals surface area contributed by atoms with Crippen LogP contribution in [-0.2, 0) is 21.4 Å². The van der Waals surface area contributed by atoms with Crippen LogP contribution >= 0.6 is 0 Å². The van der Waals surface area contributed by atoms with E-state index in [1.807, 2.05) is 56.9 Å². The van der Waals surface area contributed by atoms with Gasteiger partial charge in [-0.15, -0.1) is 0 Å². The average molecular weight is 759 g/mol. The second kappa shape index (κ2) is 15.7. The number of allylic oxidation sites excluding steroid dienone is 9. The number of ether oxygens (including phenoxy) is 1. The van der Waals surface area contributed by atoms with Crippen molar-refractivity contribution in [2.45, 2.75) is 73.6 Å². The number of nitrogens with zero attached hydrogens (tertiary/aromatic N) is 4. The summed E-state index contributed by atoms with van der Waals surface area (Å²) >= 11 is 0. The number of carbonyl (C=O) groups is 2. The number of esters is 1. The highest BCUT2D eigenvalue weighted by Crippen LogP contribution is 2.47. The quantitative estimate of drug-likeness (QED) is 0.0634. The van der Waals surface area contributed by atoms with Crippen molar-refractivity contribution in [2.75, 3.05) is 18.1 Å². The van der Waals surface area contributed by atoms with Crippen molar-refractivity contribution < 1.29 is 27.9 Å². The molecule has 0 spiro atoms. The molecule has 288 valence electrons. The van der Waals surface area contributed by atoms with Crippen LogP contribution in [0.25, 0.3) is 5.57 Å². The van der Waals surface area contributed by atoms with Crippen LogP contribution in [0.5, 0.6) is 0 Å². The zero-order chi connectivity index (χ0) is 40.6. The van der Waals surface area contributed by atoms with Gasteiger partial charge in [0.25, 0.3) is 5.70 Å². The minimum atomic E-state index is -2.76. The molecular formula is C44H45BF2N4O5. The smallest absolute Gasteiger partial charge is 0.460 e. The lowest BCUT2D eigenvalue weighted by atomic mass is 9.83. The SMILES string of the molecule is CCC1=C(C)/C(=C(\c2ccc(C(=O)OCCN3/C(=C/C=C4/C=C([N+](=O)[O-])C=CC4=O)C(C)(C)c4ccccc43)cc2)c2c(C)c(CC)c(C)n2B(F)F)N=C1C. The molecule has 6 rings (SSSR count). The van der Waals surface area contributed by atoms with Gasteiger partial charge in [-0.1, -0.05) is 58.0 Å². The fourth-order valence-electron chi connectivity index (χ4n) is 8.28. The summed E-state index contributed by atoms with van der Waals surface area (Å²) in [5.41, 5.74) is 9.97. The summed E-state index contributed by atoms with van der Waals surface area (Å²) in [6.45, 7) is 16.0. The number of hydrogen-bond acceptors (Lipinski definition) is 7. The first-order valence-electron chi connectivity index (χ1n) is 18.8. The van der Waals surface area contributed by atoms with Crippen LogP contribution < -0.4 is 4.90 Å². The zero-order valence-corrected chi connectivity index (χ0v) is 33.0. The molecule has 3 aliphatic rings. The van der Waals surface area contributed by atoms with E-state index in [0.29, 0.717) is 46.8 Å². The van der Waals surface area contributed by atoms with Crippen LogP contribution in [0, 0.1) is 24.0 Å². The molecule has 56 heavy (non-hydrogen) atoms. The molecule has 9 nitrogen and oxygen atoms in total. The molecule has 1 aliphatic carbocycles. The molecule has 0 bridgehead atoms. The van der Waals surface area contributed by atoms with E-state index in [1.165, 1.54) is 18.2 Å². The highest BCUT2D eigenvalue weighted by atomic mass is 19.2. The van der Waals surface area contributed by atoms with Gasteiger partial charge in [-0.3, -0.25) is 28.5 Å². The van der Waals surface area contributed by atoms with E-state index in [-0.39, 0.29) is 23.7 Å². The lowest BCUT2D eigenvalue weighted by Gasteiger charge is -2.27. The number of nitro groups is 1.